The van der Waals surface area contributed by atoms with E-state index < -0.39 is 11.7 Å². The van der Waals surface area contributed by atoms with Crippen molar-refractivity contribution in [3.63, 3.8) is 0 Å². The monoisotopic (exact) mass is 458 g/mol. The highest BCUT2D eigenvalue weighted by Crippen LogP contribution is 2.31. The Bertz CT molecular complexity index is 1020. The molecule has 6 heteroatoms. The maximum atomic E-state index is 12.9. The topological polar surface area (TPSA) is 24.1 Å². The molecule has 0 amide bonds. The lowest BCUT2D eigenvalue weighted by molar-refractivity contribution is -0.137. The van der Waals surface area contributed by atoms with Crippen molar-refractivity contribution < 1.29 is 13.2 Å². The molecule has 0 bridgehead atoms. The molecule has 0 aliphatic rings. The fourth-order valence-corrected chi connectivity index (χ4v) is 3.83. The summed E-state index contributed by atoms with van der Waals surface area (Å²) in [4.78, 5) is 0. The van der Waals surface area contributed by atoms with Gasteiger partial charge in [0.05, 0.1) is 11.6 Å². The molecule has 2 N–H and O–H groups in total. The van der Waals surface area contributed by atoms with Gasteiger partial charge in [-0.25, -0.2) is 0 Å². The van der Waals surface area contributed by atoms with E-state index in [4.69, 9.17) is 11.6 Å². The average Bonchev–Trinajstić information content (AvgIpc) is 2.79. The lowest BCUT2D eigenvalue weighted by Gasteiger charge is -2.28. The second kappa shape index (κ2) is 10.7. The molecule has 3 aromatic carbocycles. The molecule has 3 rings (SSSR count). The summed E-state index contributed by atoms with van der Waals surface area (Å²) in [6.45, 7) is 4.16. The molecule has 0 fully saturated rings. The Hall–Kier alpha value is -2.76. The summed E-state index contributed by atoms with van der Waals surface area (Å²) in [7, 11) is 1.83. The van der Waals surface area contributed by atoms with Gasteiger partial charge in [-0.2, -0.15) is 13.2 Å². The Morgan fingerprint density at radius 3 is 2.19 bits per heavy atom. The van der Waals surface area contributed by atoms with E-state index in [1.165, 1.54) is 0 Å². The highest BCUT2D eigenvalue weighted by atomic mass is 35.5. The van der Waals surface area contributed by atoms with Crippen molar-refractivity contribution in [2.75, 3.05) is 7.05 Å². The first-order valence-electron chi connectivity index (χ1n) is 10.4. The van der Waals surface area contributed by atoms with Gasteiger partial charge in [-0.15, -0.1) is 0 Å². The zero-order valence-electron chi connectivity index (χ0n) is 17.8. The summed E-state index contributed by atoms with van der Waals surface area (Å²) in [5.41, 5.74) is 3.09. The van der Waals surface area contributed by atoms with Gasteiger partial charge in [0.15, 0.2) is 0 Å². The van der Waals surface area contributed by atoms with Crippen molar-refractivity contribution in [1.82, 2.24) is 10.6 Å². The molecule has 32 heavy (non-hydrogen) atoms. The first-order chi connectivity index (χ1) is 15.3. The van der Waals surface area contributed by atoms with E-state index in [-0.39, 0.29) is 12.1 Å². The number of hydrogen-bond donors (Lipinski definition) is 2. The second-order valence-electron chi connectivity index (χ2n) is 7.63. The van der Waals surface area contributed by atoms with Gasteiger partial charge in [0.1, 0.15) is 0 Å². The van der Waals surface area contributed by atoms with Gasteiger partial charge in [-0.05, 0) is 53.8 Å². The van der Waals surface area contributed by atoms with Crippen LogP contribution in [0.4, 0.5) is 13.2 Å². The van der Waals surface area contributed by atoms with E-state index in [0.29, 0.717) is 17.9 Å². The van der Waals surface area contributed by atoms with E-state index in [1.54, 1.807) is 12.1 Å². The number of likely N-dealkylation sites (N-methyl/N-ethyl adjacent to an activating group) is 1. The normalized spacial score (nSPS) is 13.4. The molecular formula is C26H26ClF3N2. The Balaban J connectivity index is 1.84. The van der Waals surface area contributed by atoms with Gasteiger partial charge in [-0.3, -0.25) is 5.32 Å². The molecule has 3 aromatic rings. The zero-order valence-corrected chi connectivity index (χ0v) is 18.5. The van der Waals surface area contributed by atoms with Crippen molar-refractivity contribution in [3.8, 4) is 0 Å². The number of alkyl halides is 3. The summed E-state index contributed by atoms with van der Waals surface area (Å²) in [5, 5.41) is 7.44. The quantitative estimate of drug-likeness (QED) is 0.357. The van der Waals surface area contributed by atoms with Crippen molar-refractivity contribution >= 4 is 11.6 Å². The third-order valence-corrected chi connectivity index (χ3v) is 5.66. The van der Waals surface area contributed by atoms with Crippen molar-refractivity contribution in [1.29, 1.82) is 0 Å². The minimum Gasteiger partial charge on any atom is -0.390 e. The molecule has 0 aliphatic carbocycles. The van der Waals surface area contributed by atoms with Gasteiger partial charge >= 0.3 is 6.18 Å². The lowest BCUT2D eigenvalue weighted by Crippen LogP contribution is -2.31. The van der Waals surface area contributed by atoms with Crippen LogP contribution in [0, 0.1) is 0 Å². The second-order valence-corrected chi connectivity index (χ2v) is 8.06. The Labute approximate surface area is 192 Å². The smallest absolute Gasteiger partial charge is 0.390 e. The molecular weight excluding hydrogens is 433 g/mol. The highest BCUT2D eigenvalue weighted by molar-refractivity contribution is 6.30. The van der Waals surface area contributed by atoms with Gasteiger partial charge < -0.3 is 5.32 Å². The molecule has 0 radical (unpaired) electrons. The summed E-state index contributed by atoms with van der Waals surface area (Å²) in [6, 6.07) is 22.7. The van der Waals surface area contributed by atoms with Crippen LogP contribution < -0.4 is 10.6 Å². The lowest BCUT2D eigenvalue weighted by atomic mass is 9.95. The molecule has 0 spiro atoms. The molecule has 2 nitrogen and oxygen atoms in total. The number of nitrogens with one attached hydrogen (secondary N) is 2. The molecule has 1 unspecified atom stereocenters. The molecule has 2 atom stereocenters. The summed E-state index contributed by atoms with van der Waals surface area (Å²) >= 11 is 6.25. The Kier molecular flexibility index (Phi) is 7.99. The first-order valence-corrected chi connectivity index (χ1v) is 10.7. The Morgan fingerprint density at radius 2 is 1.59 bits per heavy atom. The van der Waals surface area contributed by atoms with Gasteiger partial charge in [0, 0.05) is 23.8 Å². The van der Waals surface area contributed by atoms with Crippen molar-refractivity contribution in [3.05, 3.63) is 118 Å². The van der Waals surface area contributed by atoms with Crippen LogP contribution >= 0.6 is 11.6 Å². The van der Waals surface area contributed by atoms with E-state index in [2.05, 4.69) is 17.2 Å². The Morgan fingerprint density at radius 1 is 0.938 bits per heavy atom. The van der Waals surface area contributed by atoms with E-state index in [1.807, 2.05) is 61.6 Å². The minimum atomic E-state index is -4.33. The van der Waals surface area contributed by atoms with Gasteiger partial charge in [-0.1, -0.05) is 72.8 Å². The summed E-state index contributed by atoms with van der Waals surface area (Å²) < 4.78 is 38.6. The predicted molar refractivity (Wildman–Crippen MR) is 124 cm³/mol. The maximum absolute atomic E-state index is 12.9. The van der Waals surface area contributed by atoms with E-state index >= 15 is 0 Å². The third kappa shape index (κ3) is 6.38. The fraction of sp³-hybridized carbons (Fsp3) is 0.231. The van der Waals surface area contributed by atoms with Crippen LogP contribution in [0.15, 0.2) is 91.1 Å². The van der Waals surface area contributed by atoms with Crippen LogP contribution in [0.2, 0.25) is 5.02 Å². The summed E-state index contributed by atoms with van der Waals surface area (Å²) in [5.74, 6) is 0. The highest BCUT2D eigenvalue weighted by Gasteiger charge is 2.30. The molecule has 0 aromatic heterocycles. The molecule has 0 saturated carbocycles. The van der Waals surface area contributed by atoms with Crippen LogP contribution in [0.25, 0.3) is 0 Å². The number of benzene rings is 3. The van der Waals surface area contributed by atoms with Crippen molar-refractivity contribution in [2.24, 2.45) is 0 Å². The maximum Gasteiger partial charge on any atom is 0.416 e. The molecule has 168 valence electrons. The van der Waals surface area contributed by atoms with Crippen LogP contribution in [-0.2, 0) is 12.6 Å². The van der Waals surface area contributed by atoms with Crippen LogP contribution in [0.3, 0.4) is 0 Å². The van der Waals surface area contributed by atoms with Crippen LogP contribution in [0.5, 0.6) is 0 Å². The first kappa shape index (κ1) is 23.9. The van der Waals surface area contributed by atoms with E-state index in [9.17, 15) is 13.2 Å². The fourth-order valence-electron chi connectivity index (χ4n) is 3.63. The van der Waals surface area contributed by atoms with Gasteiger partial charge in [0.2, 0.25) is 0 Å². The SMILES string of the molecule is C=C(NC)C(N[C@@H](CCc1ccc(C(F)(F)F)cc1)c1cccc(Cl)c1)c1ccccc1. The van der Waals surface area contributed by atoms with Crippen molar-refractivity contribution in [2.45, 2.75) is 31.1 Å². The minimum absolute atomic E-state index is 0.0914. The largest absolute Gasteiger partial charge is 0.416 e. The molecule has 0 saturated heterocycles. The third-order valence-electron chi connectivity index (χ3n) is 5.42. The standard InChI is InChI=1S/C26H26ClF3N2/c1-18(31-2)25(20-7-4-3-5-8-20)32-24(21-9-6-10-23(27)17-21)16-13-19-11-14-22(15-12-19)26(28,29)30/h3-12,14-15,17,24-25,31-32H,1,13,16H2,2H3/t24-,25?/m0/s1. The zero-order chi connectivity index (χ0) is 23.1. The van der Waals surface area contributed by atoms with Crippen LogP contribution in [0.1, 0.15) is 40.8 Å². The molecule has 0 aliphatic heterocycles. The average molecular weight is 459 g/mol. The summed E-state index contributed by atoms with van der Waals surface area (Å²) in [6.07, 6.45) is -3.05. The van der Waals surface area contributed by atoms with Gasteiger partial charge in [0.25, 0.3) is 0 Å². The van der Waals surface area contributed by atoms with Crippen LogP contribution in [-0.4, -0.2) is 7.05 Å². The number of hydrogen-bond acceptors (Lipinski definition) is 2. The van der Waals surface area contributed by atoms with E-state index in [0.717, 1.165) is 34.5 Å². The number of rotatable bonds is 9. The number of aryl methyl sites for hydroxylation is 1. The predicted octanol–water partition coefficient (Wildman–Crippen LogP) is 7.10. The molecule has 0 heterocycles. The number of halogens is 4.